The predicted molar refractivity (Wildman–Crippen MR) is 114 cm³/mol. The van der Waals surface area contributed by atoms with Crippen molar-refractivity contribution in [3.8, 4) is 0 Å². The van der Waals surface area contributed by atoms with Gasteiger partial charge >= 0.3 is 12.1 Å². The number of carbonyl (C=O) groups is 1. The summed E-state index contributed by atoms with van der Waals surface area (Å²) in [6.45, 7) is 4.22. The smallest absolute Gasteiger partial charge is 0.475 e. The second-order valence-electron chi connectivity index (χ2n) is 7.45. The second kappa shape index (κ2) is 12.1. The molecule has 0 fully saturated rings. The van der Waals surface area contributed by atoms with Crippen LogP contribution >= 0.6 is 0 Å². The molecule has 2 N–H and O–H groups in total. The third kappa shape index (κ3) is 9.90. The Morgan fingerprint density at radius 2 is 1.94 bits per heavy atom. The van der Waals surface area contributed by atoms with E-state index in [1.54, 1.807) is 0 Å². The molecule has 0 radical (unpaired) electrons. The van der Waals surface area contributed by atoms with Gasteiger partial charge in [-0.1, -0.05) is 30.3 Å². The first-order valence-electron chi connectivity index (χ1n) is 10.1. The first kappa shape index (κ1) is 26.8. The Hall–Kier alpha value is -2.48. The number of ether oxygens (including phenoxy) is 1. The van der Waals surface area contributed by atoms with Gasteiger partial charge in [0.05, 0.1) is 31.2 Å². The molecule has 0 amide bonds. The van der Waals surface area contributed by atoms with E-state index in [1.165, 1.54) is 11.8 Å². The van der Waals surface area contributed by atoms with Crippen LogP contribution in [0.4, 0.5) is 13.2 Å². The molecule has 1 aromatic heterocycles. The predicted octanol–water partition coefficient (Wildman–Crippen LogP) is 2.03. The number of aromatic nitrogens is 2. The minimum absolute atomic E-state index is 0.164. The monoisotopic (exact) mass is 492 g/mol. The molecule has 0 saturated heterocycles. The fourth-order valence-electron chi connectivity index (χ4n) is 3.22. The van der Waals surface area contributed by atoms with Crippen molar-refractivity contribution in [2.45, 2.75) is 31.8 Å². The van der Waals surface area contributed by atoms with Gasteiger partial charge in [-0.3, -0.25) is 9.58 Å². The first-order valence-corrected chi connectivity index (χ1v) is 12.0. The van der Waals surface area contributed by atoms with Gasteiger partial charge in [-0.05, 0) is 18.1 Å². The lowest BCUT2D eigenvalue weighted by Crippen LogP contribution is -2.40. The van der Waals surface area contributed by atoms with Crippen molar-refractivity contribution in [1.29, 1.82) is 0 Å². The Morgan fingerprint density at radius 3 is 2.55 bits per heavy atom. The topological polar surface area (TPSA) is 114 Å². The van der Waals surface area contributed by atoms with Gasteiger partial charge in [-0.2, -0.15) is 18.3 Å². The largest absolute Gasteiger partial charge is 0.490 e. The van der Waals surface area contributed by atoms with Crippen LogP contribution < -0.4 is 4.72 Å². The second-order valence-corrected chi connectivity index (χ2v) is 9.29. The Morgan fingerprint density at radius 1 is 1.27 bits per heavy atom. The van der Waals surface area contributed by atoms with Crippen molar-refractivity contribution in [3.63, 3.8) is 0 Å². The van der Waals surface area contributed by atoms with Gasteiger partial charge in [0.2, 0.25) is 10.0 Å². The zero-order valence-corrected chi connectivity index (χ0v) is 18.8. The van der Waals surface area contributed by atoms with Crippen LogP contribution in [0.2, 0.25) is 0 Å². The molecule has 0 spiro atoms. The molecule has 0 aliphatic carbocycles. The molecule has 184 valence electrons. The number of carboxylic acids is 1. The zero-order valence-electron chi connectivity index (χ0n) is 18.0. The average molecular weight is 493 g/mol. The molecule has 2 aromatic rings. The van der Waals surface area contributed by atoms with Gasteiger partial charge in [-0.25, -0.2) is 17.9 Å². The van der Waals surface area contributed by atoms with E-state index in [1.807, 2.05) is 35.1 Å². The van der Waals surface area contributed by atoms with Crippen LogP contribution in [0.25, 0.3) is 0 Å². The summed E-state index contributed by atoms with van der Waals surface area (Å²) >= 11 is 0. The van der Waals surface area contributed by atoms with Crippen LogP contribution in [0.1, 0.15) is 23.7 Å². The minimum atomic E-state index is -5.08. The lowest BCUT2D eigenvalue weighted by Gasteiger charge is -2.33. The Labute approximate surface area is 190 Å². The van der Waals surface area contributed by atoms with Crippen LogP contribution in [-0.2, 0) is 32.7 Å². The molecule has 1 aliphatic rings. The molecule has 9 nitrogen and oxygen atoms in total. The molecule has 1 atom stereocenters. The van der Waals surface area contributed by atoms with E-state index in [9.17, 15) is 21.6 Å². The van der Waals surface area contributed by atoms with Gasteiger partial charge in [0.15, 0.2) is 0 Å². The number of alkyl halides is 3. The molecule has 1 aromatic carbocycles. The summed E-state index contributed by atoms with van der Waals surface area (Å²) in [6.07, 6.45) is -1.38. The minimum Gasteiger partial charge on any atom is -0.475 e. The summed E-state index contributed by atoms with van der Waals surface area (Å²) in [5, 5.41) is 11.5. The summed E-state index contributed by atoms with van der Waals surface area (Å²) in [7, 11) is -3.16. The summed E-state index contributed by atoms with van der Waals surface area (Å²) < 4.78 is 64.6. The van der Waals surface area contributed by atoms with Crippen molar-refractivity contribution >= 4 is 16.0 Å². The third-order valence-corrected chi connectivity index (χ3v) is 5.43. The molecule has 13 heteroatoms. The number of sulfonamides is 1. The van der Waals surface area contributed by atoms with Crippen molar-refractivity contribution in [2.75, 3.05) is 32.5 Å². The van der Waals surface area contributed by atoms with Gasteiger partial charge in [0.25, 0.3) is 0 Å². The number of aliphatic carboxylic acids is 1. The van der Waals surface area contributed by atoms with Crippen LogP contribution in [0, 0.1) is 0 Å². The molecular weight excluding hydrogens is 465 g/mol. The van der Waals surface area contributed by atoms with Crippen LogP contribution in [0.3, 0.4) is 0 Å². The number of nitrogens with one attached hydrogen (secondary N) is 1. The maximum absolute atomic E-state index is 11.3. The van der Waals surface area contributed by atoms with Crippen LogP contribution in [0.15, 0.2) is 42.6 Å². The SMILES string of the molecule is CS(=O)(=O)NCCC1CN(CCOCc2ccccc2)Cc2ccnn21.O=C(O)C(F)(F)F. The lowest BCUT2D eigenvalue weighted by atomic mass is 10.1. The summed E-state index contributed by atoms with van der Waals surface area (Å²) in [6, 6.07) is 12.3. The normalized spacial score (nSPS) is 16.5. The summed E-state index contributed by atoms with van der Waals surface area (Å²) in [5.41, 5.74) is 2.33. The fraction of sp³-hybridized carbons (Fsp3) is 0.500. The molecule has 1 aliphatic heterocycles. The maximum Gasteiger partial charge on any atom is 0.490 e. The number of rotatable bonds is 9. The van der Waals surface area contributed by atoms with Crippen molar-refractivity contribution in [2.24, 2.45) is 0 Å². The summed E-state index contributed by atoms with van der Waals surface area (Å²) in [4.78, 5) is 11.2. The van der Waals surface area contributed by atoms with E-state index in [2.05, 4.69) is 26.9 Å². The Balaban J connectivity index is 0.000000479. The molecular formula is C20H27F3N4O5S. The number of hydrogen-bond donors (Lipinski definition) is 2. The first-order chi connectivity index (χ1) is 15.5. The average Bonchev–Trinajstić information content (AvgIpc) is 3.20. The van der Waals surface area contributed by atoms with Crippen molar-refractivity contribution < 1.29 is 36.2 Å². The van der Waals surface area contributed by atoms with Crippen LogP contribution in [0.5, 0.6) is 0 Å². The fourth-order valence-corrected chi connectivity index (χ4v) is 3.71. The van der Waals surface area contributed by atoms with Gasteiger partial charge in [-0.15, -0.1) is 0 Å². The van der Waals surface area contributed by atoms with E-state index in [4.69, 9.17) is 14.6 Å². The Bertz CT molecular complexity index is 983. The highest BCUT2D eigenvalue weighted by atomic mass is 32.2. The van der Waals surface area contributed by atoms with Crippen molar-refractivity contribution in [3.05, 3.63) is 53.9 Å². The van der Waals surface area contributed by atoms with Crippen molar-refractivity contribution in [1.82, 2.24) is 19.4 Å². The number of nitrogens with zero attached hydrogens (tertiary/aromatic N) is 3. The van der Waals surface area contributed by atoms with Crippen LogP contribution in [-0.4, -0.2) is 72.8 Å². The molecule has 1 unspecified atom stereocenters. The number of halogens is 3. The number of hydrogen-bond acceptors (Lipinski definition) is 6. The molecule has 2 heterocycles. The lowest BCUT2D eigenvalue weighted by molar-refractivity contribution is -0.192. The van der Waals surface area contributed by atoms with Gasteiger partial charge < -0.3 is 9.84 Å². The maximum atomic E-state index is 11.3. The van der Waals surface area contributed by atoms with Gasteiger partial charge in [0.1, 0.15) is 0 Å². The quantitative estimate of drug-likeness (QED) is 0.515. The molecule has 33 heavy (non-hydrogen) atoms. The number of carboxylic acid groups (broad SMARTS) is 1. The van der Waals surface area contributed by atoms with Gasteiger partial charge in [0, 0.05) is 32.4 Å². The summed E-state index contributed by atoms with van der Waals surface area (Å²) in [5.74, 6) is -2.76. The van der Waals surface area contributed by atoms with E-state index >= 15 is 0 Å². The molecule has 0 bridgehead atoms. The Kier molecular flexibility index (Phi) is 9.83. The highest BCUT2D eigenvalue weighted by Crippen LogP contribution is 2.22. The number of benzene rings is 1. The van der Waals surface area contributed by atoms with E-state index in [0.717, 1.165) is 25.3 Å². The molecule has 0 saturated carbocycles. The number of fused-ring (bicyclic) bond motifs is 1. The molecule has 3 rings (SSSR count). The van der Waals surface area contributed by atoms with E-state index in [0.29, 0.717) is 26.2 Å². The zero-order chi connectivity index (χ0) is 24.5. The standard InChI is InChI=1S/C18H26N4O3S.C2HF3O2/c1-26(23,24)20-10-8-18-14-21(13-17-7-9-19-22(17)18)11-12-25-15-16-5-3-2-4-6-16;3-2(4,5)1(6)7/h2-7,9,18,20H,8,10-15H2,1H3;(H,6,7). The highest BCUT2D eigenvalue weighted by Gasteiger charge is 2.38. The van der Waals surface area contributed by atoms with E-state index < -0.39 is 22.2 Å². The highest BCUT2D eigenvalue weighted by molar-refractivity contribution is 7.88. The van der Waals surface area contributed by atoms with E-state index in [-0.39, 0.29) is 6.04 Å². The third-order valence-electron chi connectivity index (χ3n) is 4.70.